The van der Waals surface area contributed by atoms with Crippen LogP contribution in [-0.2, 0) is 6.54 Å². The first-order valence-electron chi connectivity index (χ1n) is 9.38. The lowest BCUT2D eigenvalue weighted by Gasteiger charge is -2.29. The Morgan fingerprint density at radius 3 is 2.40 bits per heavy atom. The highest BCUT2D eigenvalue weighted by Gasteiger charge is 2.31. The largest absolute Gasteiger partial charge is 0.491 e. The molecule has 152 valence electrons. The van der Waals surface area contributed by atoms with Gasteiger partial charge in [-0.2, -0.15) is 0 Å². The summed E-state index contributed by atoms with van der Waals surface area (Å²) in [5, 5.41) is 8.88. The lowest BCUT2D eigenvalue weighted by Crippen LogP contribution is -2.36. The minimum atomic E-state index is -0.649. The van der Waals surface area contributed by atoms with Gasteiger partial charge in [0.05, 0.1) is 12.6 Å². The van der Waals surface area contributed by atoms with Gasteiger partial charge in [0.1, 0.15) is 18.2 Å². The van der Waals surface area contributed by atoms with Gasteiger partial charge < -0.3 is 9.64 Å². The number of nitrogens with one attached hydrogen (secondary N) is 1. The van der Waals surface area contributed by atoms with Crippen LogP contribution >= 0.6 is 0 Å². The molecule has 0 saturated heterocycles. The van der Waals surface area contributed by atoms with E-state index < -0.39 is 11.7 Å². The van der Waals surface area contributed by atoms with E-state index in [9.17, 15) is 14.0 Å². The Kier molecular flexibility index (Phi) is 5.45. The maximum Gasteiger partial charge on any atom is 0.274 e. The molecule has 0 saturated carbocycles. The maximum atomic E-state index is 13.3. The molecule has 30 heavy (non-hydrogen) atoms. The van der Waals surface area contributed by atoms with Crippen molar-refractivity contribution < 1.29 is 23.9 Å². The smallest absolute Gasteiger partial charge is 0.274 e. The number of nitrogens with zero attached hydrogens (tertiary/aromatic N) is 1. The molecule has 6 nitrogen and oxygen atoms in total. The van der Waals surface area contributed by atoms with Crippen molar-refractivity contribution >= 4 is 11.8 Å². The Balaban J connectivity index is 1.74. The van der Waals surface area contributed by atoms with Gasteiger partial charge in [0, 0.05) is 16.7 Å². The minimum Gasteiger partial charge on any atom is -0.491 e. The maximum absolute atomic E-state index is 13.3. The normalized spacial score (nSPS) is 15.5. The van der Waals surface area contributed by atoms with E-state index in [1.807, 2.05) is 30.3 Å². The van der Waals surface area contributed by atoms with Gasteiger partial charge in [-0.15, -0.1) is 0 Å². The lowest BCUT2D eigenvalue weighted by atomic mass is 10.0. The fourth-order valence-electron chi connectivity index (χ4n) is 3.50. The molecule has 1 aliphatic heterocycles. The van der Waals surface area contributed by atoms with Crippen LogP contribution in [0.4, 0.5) is 4.39 Å². The van der Waals surface area contributed by atoms with Crippen molar-refractivity contribution in [2.24, 2.45) is 0 Å². The van der Waals surface area contributed by atoms with Crippen LogP contribution in [0.3, 0.4) is 0 Å². The Bertz CT molecular complexity index is 1070. The van der Waals surface area contributed by atoms with Gasteiger partial charge in [-0.3, -0.25) is 14.8 Å². The van der Waals surface area contributed by atoms with E-state index in [0.29, 0.717) is 11.3 Å². The van der Waals surface area contributed by atoms with Crippen LogP contribution in [0.1, 0.15) is 37.9 Å². The third-order valence-electron chi connectivity index (χ3n) is 5.08. The van der Waals surface area contributed by atoms with Crippen molar-refractivity contribution in [3.8, 4) is 5.75 Å². The molecule has 1 atom stereocenters. The molecule has 7 heteroatoms. The molecule has 3 aromatic carbocycles. The fourth-order valence-corrected chi connectivity index (χ4v) is 3.50. The van der Waals surface area contributed by atoms with Crippen molar-refractivity contribution in [2.45, 2.75) is 12.6 Å². The summed E-state index contributed by atoms with van der Waals surface area (Å²) in [5.41, 5.74) is 3.83. The first-order chi connectivity index (χ1) is 14.6. The predicted octanol–water partition coefficient (Wildman–Crippen LogP) is 3.72. The highest BCUT2D eigenvalue weighted by Crippen LogP contribution is 2.33. The molecule has 1 heterocycles. The van der Waals surface area contributed by atoms with Crippen LogP contribution in [0, 0.1) is 5.82 Å². The van der Waals surface area contributed by atoms with E-state index in [2.05, 4.69) is 0 Å². The number of hydrogen-bond acceptors (Lipinski definition) is 4. The van der Waals surface area contributed by atoms with Gasteiger partial charge in [0.2, 0.25) is 0 Å². The number of ether oxygens (including phenoxy) is 1. The topological polar surface area (TPSA) is 78.9 Å². The predicted molar refractivity (Wildman–Crippen MR) is 107 cm³/mol. The van der Waals surface area contributed by atoms with Gasteiger partial charge in [-0.25, -0.2) is 9.87 Å². The van der Waals surface area contributed by atoms with E-state index in [4.69, 9.17) is 9.94 Å². The number of fused-ring (bicyclic) bond motifs is 1. The molecule has 1 unspecified atom stereocenters. The summed E-state index contributed by atoms with van der Waals surface area (Å²) >= 11 is 0. The van der Waals surface area contributed by atoms with E-state index in [0.717, 1.165) is 11.1 Å². The van der Waals surface area contributed by atoms with Gasteiger partial charge in [-0.05, 0) is 42.0 Å². The molecule has 3 aromatic rings. The highest BCUT2D eigenvalue weighted by atomic mass is 19.1. The zero-order chi connectivity index (χ0) is 21.1. The molecular weight excluding hydrogens is 387 g/mol. The summed E-state index contributed by atoms with van der Waals surface area (Å²) in [6.45, 7) is 0.417. The van der Waals surface area contributed by atoms with Crippen molar-refractivity contribution in [1.82, 2.24) is 10.4 Å². The molecule has 0 aliphatic carbocycles. The first-order valence-corrected chi connectivity index (χ1v) is 9.38. The van der Waals surface area contributed by atoms with Gasteiger partial charge >= 0.3 is 0 Å². The number of amides is 2. The van der Waals surface area contributed by atoms with E-state index in [1.165, 1.54) is 30.3 Å². The van der Waals surface area contributed by atoms with Crippen LogP contribution < -0.4 is 10.2 Å². The van der Waals surface area contributed by atoms with Crippen LogP contribution in [0.2, 0.25) is 0 Å². The molecule has 0 spiro atoms. The average molecular weight is 406 g/mol. The summed E-state index contributed by atoms with van der Waals surface area (Å²) in [4.78, 5) is 26.8. The summed E-state index contributed by atoms with van der Waals surface area (Å²) in [6.07, 6.45) is 0. The number of hydrogen-bond donors (Lipinski definition) is 2. The summed E-state index contributed by atoms with van der Waals surface area (Å²) in [5.74, 6) is -0.848. The van der Waals surface area contributed by atoms with Crippen LogP contribution in [-0.4, -0.2) is 28.5 Å². The Morgan fingerprint density at radius 1 is 1.00 bits per heavy atom. The van der Waals surface area contributed by atoms with Crippen molar-refractivity contribution in [1.29, 1.82) is 0 Å². The summed E-state index contributed by atoms with van der Waals surface area (Å²) in [6, 6.07) is 19.3. The van der Waals surface area contributed by atoms with Crippen molar-refractivity contribution in [3.63, 3.8) is 0 Å². The Labute approximate surface area is 172 Å². The zero-order valence-corrected chi connectivity index (χ0v) is 15.9. The average Bonchev–Trinajstić information content (AvgIpc) is 2.98. The molecule has 0 bridgehead atoms. The molecule has 0 aromatic heterocycles. The van der Waals surface area contributed by atoms with Gasteiger partial charge in [-0.1, -0.05) is 36.4 Å². The SMILES string of the molecule is O=C(NO)c1ccc2c(c1)OCC(c1ccccc1)N(C(=O)c1ccc(F)cc1)C2. The molecule has 0 fully saturated rings. The molecule has 0 radical (unpaired) electrons. The second-order valence-electron chi connectivity index (χ2n) is 6.94. The van der Waals surface area contributed by atoms with Crippen LogP contribution in [0.15, 0.2) is 72.8 Å². The van der Waals surface area contributed by atoms with Crippen LogP contribution in [0.25, 0.3) is 0 Å². The zero-order valence-electron chi connectivity index (χ0n) is 15.9. The number of benzene rings is 3. The molecule has 1 aliphatic rings. The molecule has 2 N–H and O–H groups in total. The monoisotopic (exact) mass is 406 g/mol. The fraction of sp³-hybridized carbons (Fsp3) is 0.130. The van der Waals surface area contributed by atoms with Crippen molar-refractivity contribution in [3.05, 3.63) is 101 Å². The second-order valence-corrected chi connectivity index (χ2v) is 6.94. The van der Waals surface area contributed by atoms with E-state index in [1.54, 1.807) is 22.5 Å². The number of halogens is 1. The van der Waals surface area contributed by atoms with Crippen LogP contribution in [0.5, 0.6) is 5.75 Å². The standard InChI is InChI=1S/C23H19FN2O4/c24-19-10-8-16(9-11-19)23(28)26-13-18-7-6-17(22(27)25-29)12-21(18)30-14-20(26)15-4-2-1-3-5-15/h1-12,20,29H,13-14H2,(H,25,27). The molecule has 2 amide bonds. The van der Waals surface area contributed by atoms with E-state index >= 15 is 0 Å². The number of carbonyl (C=O) groups is 2. The van der Waals surface area contributed by atoms with Crippen molar-refractivity contribution in [2.75, 3.05) is 6.61 Å². The summed E-state index contributed by atoms with van der Waals surface area (Å²) in [7, 11) is 0. The van der Waals surface area contributed by atoms with Gasteiger partial charge in [0.25, 0.3) is 11.8 Å². The Hall–Kier alpha value is -3.71. The third kappa shape index (κ3) is 3.88. The summed E-state index contributed by atoms with van der Waals surface area (Å²) < 4.78 is 19.3. The number of carbonyl (C=O) groups excluding carboxylic acids is 2. The molecular formula is C23H19FN2O4. The minimum absolute atomic E-state index is 0.175. The van der Waals surface area contributed by atoms with Gasteiger partial charge in [0.15, 0.2) is 0 Å². The third-order valence-corrected chi connectivity index (χ3v) is 5.08. The molecule has 4 rings (SSSR count). The number of hydroxylamine groups is 1. The highest BCUT2D eigenvalue weighted by molar-refractivity contribution is 5.95. The van der Waals surface area contributed by atoms with E-state index in [-0.39, 0.29) is 30.7 Å². The quantitative estimate of drug-likeness (QED) is 0.513. The first kappa shape index (κ1) is 19.6. The Morgan fingerprint density at radius 2 is 1.70 bits per heavy atom. The second kappa shape index (κ2) is 8.34. The lowest BCUT2D eigenvalue weighted by molar-refractivity contribution is 0.0621. The number of rotatable bonds is 3.